The maximum Gasteiger partial charge on any atom is 0.0589 e. The molecule has 2 heterocycles. The van der Waals surface area contributed by atoms with E-state index in [0.717, 1.165) is 32.2 Å². The van der Waals surface area contributed by atoms with E-state index in [-0.39, 0.29) is 5.41 Å². The first-order valence-corrected chi connectivity index (χ1v) is 6.92. The summed E-state index contributed by atoms with van der Waals surface area (Å²) in [4.78, 5) is 0. The highest BCUT2D eigenvalue weighted by Gasteiger charge is 2.49. The van der Waals surface area contributed by atoms with Gasteiger partial charge in [-0.1, -0.05) is 45.0 Å². The van der Waals surface area contributed by atoms with Gasteiger partial charge in [0.05, 0.1) is 13.2 Å². The standard InChI is InChI=1S/C16H23NO/c1-15(2,3)12-4-6-13(7-5-12)16(10-18-11-16)14-8-17-9-14/h4-7,14,17H,8-11H2,1-3H3. The molecule has 0 bridgehead atoms. The molecule has 2 saturated heterocycles. The van der Waals surface area contributed by atoms with E-state index in [2.05, 4.69) is 50.4 Å². The van der Waals surface area contributed by atoms with E-state index < -0.39 is 0 Å². The van der Waals surface area contributed by atoms with Crippen molar-refractivity contribution in [3.8, 4) is 0 Å². The van der Waals surface area contributed by atoms with Gasteiger partial charge in [-0.15, -0.1) is 0 Å². The quantitative estimate of drug-likeness (QED) is 0.864. The van der Waals surface area contributed by atoms with Crippen LogP contribution in [0.4, 0.5) is 0 Å². The minimum atomic E-state index is 0.236. The molecule has 2 fully saturated rings. The van der Waals surface area contributed by atoms with Crippen LogP contribution in [0.1, 0.15) is 31.9 Å². The molecular weight excluding hydrogens is 222 g/mol. The molecule has 2 aliphatic heterocycles. The normalized spacial score (nSPS) is 23.3. The van der Waals surface area contributed by atoms with Gasteiger partial charge >= 0.3 is 0 Å². The molecule has 98 valence electrons. The lowest BCUT2D eigenvalue weighted by molar-refractivity contribution is -0.101. The summed E-state index contributed by atoms with van der Waals surface area (Å²) < 4.78 is 5.52. The van der Waals surface area contributed by atoms with Crippen molar-refractivity contribution in [1.82, 2.24) is 5.32 Å². The average molecular weight is 245 g/mol. The van der Waals surface area contributed by atoms with Crippen molar-refractivity contribution in [3.05, 3.63) is 35.4 Å². The van der Waals surface area contributed by atoms with Gasteiger partial charge in [0, 0.05) is 18.5 Å². The number of rotatable bonds is 2. The monoisotopic (exact) mass is 245 g/mol. The largest absolute Gasteiger partial charge is 0.379 e. The maximum absolute atomic E-state index is 5.52. The average Bonchev–Trinajstić information content (AvgIpc) is 2.19. The summed E-state index contributed by atoms with van der Waals surface area (Å²) in [6, 6.07) is 9.23. The Labute approximate surface area is 110 Å². The molecule has 0 atom stereocenters. The molecule has 0 radical (unpaired) electrons. The Morgan fingerprint density at radius 3 is 2.06 bits per heavy atom. The zero-order valence-electron chi connectivity index (χ0n) is 11.6. The summed E-state index contributed by atoms with van der Waals surface area (Å²) in [5, 5.41) is 3.38. The highest BCUT2D eigenvalue weighted by atomic mass is 16.5. The number of hydrogen-bond donors (Lipinski definition) is 1. The fourth-order valence-corrected chi connectivity index (χ4v) is 2.94. The van der Waals surface area contributed by atoms with E-state index in [1.165, 1.54) is 11.1 Å². The van der Waals surface area contributed by atoms with Gasteiger partial charge in [-0.05, 0) is 22.5 Å². The number of hydrogen-bond acceptors (Lipinski definition) is 2. The molecule has 1 N–H and O–H groups in total. The van der Waals surface area contributed by atoms with E-state index >= 15 is 0 Å². The van der Waals surface area contributed by atoms with Crippen molar-refractivity contribution < 1.29 is 4.74 Å². The molecule has 2 nitrogen and oxygen atoms in total. The van der Waals surface area contributed by atoms with E-state index in [1.54, 1.807) is 0 Å². The number of nitrogens with one attached hydrogen (secondary N) is 1. The van der Waals surface area contributed by atoms with E-state index in [1.807, 2.05) is 0 Å². The minimum Gasteiger partial charge on any atom is -0.379 e. The van der Waals surface area contributed by atoms with Crippen LogP contribution in [0.25, 0.3) is 0 Å². The van der Waals surface area contributed by atoms with Crippen molar-refractivity contribution in [2.45, 2.75) is 31.6 Å². The van der Waals surface area contributed by atoms with Gasteiger partial charge < -0.3 is 10.1 Å². The van der Waals surface area contributed by atoms with Crippen LogP contribution >= 0.6 is 0 Å². The zero-order valence-corrected chi connectivity index (χ0v) is 11.6. The molecule has 0 amide bonds. The Kier molecular flexibility index (Phi) is 2.76. The smallest absolute Gasteiger partial charge is 0.0589 e. The van der Waals surface area contributed by atoms with Crippen LogP contribution in [-0.2, 0) is 15.6 Å². The first kappa shape index (κ1) is 12.2. The summed E-state index contributed by atoms with van der Waals surface area (Å²) in [6.07, 6.45) is 0. The summed E-state index contributed by atoms with van der Waals surface area (Å²) in [5.41, 5.74) is 3.41. The predicted octanol–water partition coefficient (Wildman–Crippen LogP) is 2.47. The van der Waals surface area contributed by atoms with Crippen molar-refractivity contribution in [2.75, 3.05) is 26.3 Å². The van der Waals surface area contributed by atoms with Crippen LogP contribution in [0.2, 0.25) is 0 Å². The Morgan fingerprint density at radius 2 is 1.72 bits per heavy atom. The van der Waals surface area contributed by atoms with Crippen molar-refractivity contribution in [3.63, 3.8) is 0 Å². The van der Waals surface area contributed by atoms with Crippen LogP contribution in [0, 0.1) is 5.92 Å². The molecule has 0 unspecified atom stereocenters. The summed E-state index contributed by atoms with van der Waals surface area (Å²) in [5.74, 6) is 0.756. The Hall–Kier alpha value is -0.860. The topological polar surface area (TPSA) is 21.3 Å². The third-order valence-corrected chi connectivity index (χ3v) is 4.61. The van der Waals surface area contributed by atoms with Gasteiger partial charge in [0.2, 0.25) is 0 Å². The lowest BCUT2D eigenvalue weighted by Crippen LogP contribution is -2.62. The number of ether oxygens (including phenoxy) is 1. The van der Waals surface area contributed by atoms with Crippen LogP contribution in [-0.4, -0.2) is 26.3 Å². The summed E-state index contributed by atoms with van der Waals surface area (Å²) in [6.45, 7) is 10.9. The maximum atomic E-state index is 5.52. The second-order valence-electron chi connectivity index (χ2n) is 6.83. The summed E-state index contributed by atoms with van der Waals surface area (Å²) >= 11 is 0. The Balaban J connectivity index is 1.87. The molecule has 0 aliphatic carbocycles. The molecule has 2 heteroatoms. The van der Waals surface area contributed by atoms with Crippen LogP contribution < -0.4 is 5.32 Å². The second kappa shape index (κ2) is 4.07. The van der Waals surface area contributed by atoms with Crippen molar-refractivity contribution in [1.29, 1.82) is 0 Å². The molecule has 1 aromatic carbocycles. The third kappa shape index (κ3) is 1.79. The SMILES string of the molecule is CC(C)(C)c1ccc(C2(C3CNC3)COC2)cc1. The zero-order chi connectivity index (χ0) is 12.8. The van der Waals surface area contributed by atoms with Gasteiger partial charge in [0.1, 0.15) is 0 Å². The highest BCUT2D eigenvalue weighted by molar-refractivity contribution is 5.35. The fraction of sp³-hybridized carbons (Fsp3) is 0.625. The van der Waals surface area contributed by atoms with Crippen LogP contribution in [0.15, 0.2) is 24.3 Å². The number of benzene rings is 1. The molecular formula is C16H23NO. The molecule has 3 rings (SSSR count). The second-order valence-corrected chi connectivity index (χ2v) is 6.83. The van der Waals surface area contributed by atoms with E-state index in [0.29, 0.717) is 5.41 Å². The van der Waals surface area contributed by atoms with Gasteiger partial charge in [-0.25, -0.2) is 0 Å². The molecule has 2 aliphatic rings. The first-order valence-electron chi connectivity index (χ1n) is 6.92. The molecule has 0 aromatic heterocycles. The fourth-order valence-electron chi connectivity index (χ4n) is 2.94. The predicted molar refractivity (Wildman–Crippen MR) is 74.0 cm³/mol. The van der Waals surface area contributed by atoms with Gasteiger partial charge in [0.15, 0.2) is 0 Å². The lowest BCUT2D eigenvalue weighted by Gasteiger charge is -2.51. The van der Waals surface area contributed by atoms with Gasteiger partial charge in [0.25, 0.3) is 0 Å². The first-order chi connectivity index (χ1) is 8.52. The molecule has 0 spiro atoms. The van der Waals surface area contributed by atoms with Crippen LogP contribution in [0.5, 0.6) is 0 Å². The Morgan fingerprint density at radius 1 is 1.11 bits per heavy atom. The van der Waals surface area contributed by atoms with Gasteiger partial charge in [-0.3, -0.25) is 0 Å². The third-order valence-electron chi connectivity index (χ3n) is 4.61. The summed E-state index contributed by atoms with van der Waals surface area (Å²) in [7, 11) is 0. The lowest BCUT2D eigenvalue weighted by atomic mass is 9.66. The van der Waals surface area contributed by atoms with Gasteiger partial charge in [-0.2, -0.15) is 0 Å². The van der Waals surface area contributed by atoms with E-state index in [9.17, 15) is 0 Å². The Bertz CT molecular complexity index is 421. The molecule has 0 saturated carbocycles. The van der Waals surface area contributed by atoms with Crippen molar-refractivity contribution in [2.24, 2.45) is 5.92 Å². The van der Waals surface area contributed by atoms with E-state index in [4.69, 9.17) is 4.74 Å². The van der Waals surface area contributed by atoms with Crippen molar-refractivity contribution >= 4 is 0 Å². The molecule has 1 aromatic rings. The minimum absolute atomic E-state index is 0.236. The highest BCUT2D eigenvalue weighted by Crippen LogP contribution is 2.41. The molecule has 18 heavy (non-hydrogen) atoms. The van der Waals surface area contributed by atoms with Crippen LogP contribution in [0.3, 0.4) is 0 Å².